The summed E-state index contributed by atoms with van der Waals surface area (Å²) in [6.45, 7) is 34.4. The largest absolute Gasteiger partial charge is 0.0991 e. The van der Waals surface area contributed by atoms with E-state index in [1.54, 1.807) is 6.08 Å². The second kappa shape index (κ2) is 25.7. The summed E-state index contributed by atoms with van der Waals surface area (Å²) in [6.07, 6.45) is 9.80. The Bertz CT molecular complexity index is 682. The van der Waals surface area contributed by atoms with E-state index in [1.165, 1.54) is 33.4 Å². The van der Waals surface area contributed by atoms with Crippen LogP contribution in [0.2, 0.25) is 0 Å². The normalized spacial score (nSPS) is 10.3. The number of rotatable bonds is 5. The van der Waals surface area contributed by atoms with Gasteiger partial charge in [-0.2, -0.15) is 0 Å². The smallest absolute Gasteiger partial charge is 0.0224 e. The molecule has 0 heteroatoms. The Morgan fingerprint density at radius 2 is 1.23 bits per heavy atom. The molecule has 0 saturated heterocycles. The lowest BCUT2D eigenvalue weighted by Crippen LogP contribution is -1.91. The van der Waals surface area contributed by atoms with E-state index in [4.69, 9.17) is 0 Å². The van der Waals surface area contributed by atoms with Crippen molar-refractivity contribution in [2.75, 3.05) is 0 Å². The molecule has 31 heavy (non-hydrogen) atoms. The molecule has 0 nitrogen and oxygen atoms in total. The first kappa shape index (κ1) is 36.1. The van der Waals surface area contributed by atoms with E-state index in [2.05, 4.69) is 92.0 Å². The van der Waals surface area contributed by atoms with Crippen molar-refractivity contribution >= 4 is 5.57 Å². The number of benzene rings is 1. The van der Waals surface area contributed by atoms with Gasteiger partial charge in [-0.15, -0.1) is 0 Å². The van der Waals surface area contributed by atoms with E-state index in [-0.39, 0.29) is 0 Å². The average molecular weight is 425 g/mol. The first-order valence-corrected chi connectivity index (χ1v) is 11.7. The highest BCUT2D eigenvalue weighted by Crippen LogP contribution is 2.26. The third-order valence-electron chi connectivity index (χ3n) is 4.09. The fourth-order valence-corrected chi connectivity index (χ4v) is 2.04. The zero-order valence-electron chi connectivity index (χ0n) is 23.1. The maximum absolute atomic E-state index is 4.16. The minimum atomic E-state index is 1.13. The molecule has 0 aliphatic rings. The van der Waals surface area contributed by atoms with Crippen molar-refractivity contribution in [3.05, 3.63) is 101 Å². The SMILES string of the molecule is C=C(/C(C)=C\C)/C(C)=C(\C)c1ccc(C)cc1.C=C/C=C\C=C(C)C.CC.CC.CC. The molecule has 0 heterocycles. The van der Waals surface area contributed by atoms with E-state index in [1.807, 2.05) is 59.8 Å². The maximum atomic E-state index is 4.16. The average Bonchev–Trinajstić information content (AvgIpc) is 2.82. The molecular weight excluding hydrogens is 372 g/mol. The van der Waals surface area contributed by atoms with E-state index in [0.29, 0.717) is 0 Å². The summed E-state index contributed by atoms with van der Waals surface area (Å²) < 4.78 is 0. The molecule has 176 valence electrons. The standard InChI is InChI=1S/C17H22.C8H12.3C2H6/c1-7-13(3)14(4)15(5)16(6)17-10-8-12(2)9-11-17;1-4-5-6-7-8(2)3;3*1-2/h7-11H,4H2,1-3,5-6H3;4-7H,1H2,2-3H3;3*1-2H3/b13-7-,16-15+;6-5-;;;. The second-order valence-corrected chi connectivity index (χ2v) is 6.43. The molecule has 1 rings (SSSR count). The Morgan fingerprint density at radius 1 is 0.774 bits per heavy atom. The topological polar surface area (TPSA) is 0 Å². The number of hydrogen-bond acceptors (Lipinski definition) is 0. The van der Waals surface area contributed by atoms with Crippen molar-refractivity contribution in [1.82, 2.24) is 0 Å². The van der Waals surface area contributed by atoms with Gasteiger partial charge in [-0.3, -0.25) is 0 Å². The van der Waals surface area contributed by atoms with Crippen molar-refractivity contribution in [3.63, 3.8) is 0 Å². The molecule has 0 radical (unpaired) electrons. The van der Waals surface area contributed by atoms with Crippen LogP contribution in [0.3, 0.4) is 0 Å². The fraction of sp³-hybridized carbons (Fsp3) is 0.419. The Kier molecular flexibility index (Phi) is 29.9. The monoisotopic (exact) mass is 424 g/mol. The van der Waals surface area contributed by atoms with E-state index >= 15 is 0 Å². The van der Waals surface area contributed by atoms with Crippen LogP contribution in [-0.2, 0) is 0 Å². The number of allylic oxidation sites excluding steroid dienone is 10. The summed E-state index contributed by atoms with van der Waals surface area (Å²) in [5.74, 6) is 0. The van der Waals surface area contributed by atoms with Gasteiger partial charge >= 0.3 is 0 Å². The van der Waals surface area contributed by atoms with E-state index in [0.717, 1.165) is 5.57 Å². The van der Waals surface area contributed by atoms with Gasteiger partial charge < -0.3 is 0 Å². The summed E-state index contributed by atoms with van der Waals surface area (Å²) in [4.78, 5) is 0. The highest BCUT2D eigenvalue weighted by Gasteiger charge is 2.05. The van der Waals surface area contributed by atoms with Crippen LogP contribution in [0.1, 0.15) is 94.2 Å². The molecule has 0 aliphatic heterocycles. The fourth-order valence-electron chi connectivity index (χ4n) is 2.04. The lowest BCUT2D eigenvalue weighted by Gasteiger charge is -2.12. The van der Waals surface area contributed by atoms with Gasteiger partial charge in [0.15, 0.2) is 0 Å². The van der Waals surface area contributed by atoms with Crippen LogP contribution in [0.4, 0.5) is 0 Å². The molecule has 0 unspecified atom stereocenters. The van der Waals surface area contributed by atoms with E-state index < -0.39 is 0 Å². The summed E-state index contributed by atoms with van der Waals surface area (Å²) in [5.41, 5.74) is 8.82. The highest BCUT2D eigenvalue weighted by molar-refractivity contribution is 5.72. The van der Waals surface area contributed by atoms with Gasteiger partial charge in [0, 0.05) is 0 Å². The zero-order valence-corrected chi connectivity index (χ0v) is 23.1. The van der Waals surface area contributed by atoms with Crippen molar-refractivity contribution < 1.29 is 0 Å². The van der Waals surface area contributed by atoms with Crippen LogP contribution in [0.25, 0.3) is 5.57 Å². The van der Waals surface area contributed by atoms with Gasteiger partial charge in [-0.05, 0) is 76.3 Å². The predicted molar refractivity (Wildman–Crippen MR) is 151 cm³/mol. The van der Waals surface area contributed by atoms with Crippen LogP contribution in [0.15, 0.2) is 90.1 Å². The van der Waals surface area contributed by atoms with Gasteiger partial charge in [-0.25, -0.2) is 0 Å². The first-order chi connectivity index (χ1) is 14.7. The van der Waals surface area contributed by atoms with Gasteiger partial charge in [0.2, 0.25) is 0 Å². The molecule has 0 bridgehead atoms. The van der Waals surface area contributed by atoms with Crippen molar-refractivity contribution in [2.24, 2.45) is 0 Å². The molecule has 0 atom stereocenters. The van der Waals surface area contributed by atoms with Crippen LogP contribution < -0.4 is 0 Å². The Balaban J connectivity index is -0.000000219. The maximum Gasteiger partial charge on any atom is -0.0224 e. The molecular formula is C31H52. The van der Waals surface area contributed by atoms with Gasteiger partial charge in [0.05, 0.1) is 0 Å². The van der Waals surface area contributed by atoms with Crippen LogP contribution in [0.5, 0.6) is 0 Å². The van der Waals surface area contributed by atoms with Crippen LogP contribution >= 0.6 is 0 Å². The molecule has 1 aromatic rings. The summed E-state index contributed by atoms with van der Waals surface area (Å²) in [6, 6.07) is 8.65. The predicted octanol–water partition coefficient (Wildman–Crippen LogP) is 11.1. The van der Waals surface area contributed by atoms with E-state index in [9.17, 15) is 0 Å². The minimum Gasteiger partial charge on any atom is -0.0991 e. The number of hydrogen-bond donors (Lipinski definition) is 0. The second-order valence-electron chi connectivity index (χ2n) is 6.43. The minimum absolute atomic E-state index is 1.13. The van der Waals surface area contributed by atoms with Gasteiger partial charge in [0.25, 0.3) is 0 Å². The molecule has 0 fully saturated rings. The quantitative estimate of drug-likeness (QED) is 0.412. The third kappa shape index (κ3) is 19.4. The van der Waals surface area contributed by atoms with Crippen molar-refractivity contribution in [2.45, 2.75) is 90.0 Å². The van der Waals surface area contributed by atoms with Crippen LogP contribution in [-0.4, -0.2) is 0 Å². The third-order valence-corrected chi connectivity index (χ3v) is 4.09. The first-order valence-electron chi connectivity index (χ1n) is 11.7. The molecule has 0 aromatic heterocycles. The molecule has 0 aliphatic carbocycles. The molecule has 0 saturated carbocycles. The van der Waals surface area contributed by atoms with Crippen molar-refractivity contribution in [3.8, 4) is 0 Å². The van der Waals surface area contributed by atoms with Gasteiger partial charge in [-0.1, -0.05) is 120 Å². The Morgan fingerprint density at radius 3 is 1.58 bits per heavy atom. The highest BCUT2D eigenvalue weighted by atomic mass is 14.1. The summed E-state index contributed by atoms with van der Waals surface area (Å²) in [7, 11) is 0. The lowest BCUT2D eigenvalue weighted by molar-refractivity contribution is 1.31. The van der Waals surface area contributed by atoms with Crippen molar-refractivity contribution in [1.29, 1.82) is 0 Å². The molecule has 1 aromatic carbocycles. The Labute approximate surface area is 196 Å². The Hall–Kier alpha value is -2.34. The molecule has 0 spiro atoms. The van der Waals surface area contributed by atoms with Gasteiger partial charge in [0.1, 0.15) is 0 Å². The molecule has 0 N–H and O–H groups in total. The van der Waals surface area contributed by atoms with Crippen LogP contribution in [0, 0.1) is 6.92 Å². The zero-order chi connectivity index (χ0) is 25.4. The summed E-state index contributed by atoms with van der Waals surface area (Å²) in [5, 5.41) is 0. The lowest BCUT2D eigenvalue weighted by atomic mass is 9.94. The number of aryl methyl sites for hydroxylation is 1. The summed E-state index contributed by atoms with van der Waals surface area (Å²) >= 11 is 0. The molecule has 0 amide bonds.